The van der Waals surface area contributed by atoms with Crippen LogP contribution in [-0.2, 0) is 12.0 Å². The summed E-state index contributed by atoms with van der Waals surface area (Å²) in [6, 6.07) is 6.12. The Balaban J connectivity index is 1.96. The molecule has 1 saturated heterocycles. The van der Waals surface area contributed by atoms with Crippen molar-refractivity contribution >= 4 is 0 Å². The highest BCUT2D eigenvalue weighted by molar-refractivity contribution is 5.44. The number of hydrogen-bond acceptors (Lipinski definition) is 2. The van der Waals surface area contributed by atoms with Crippen LogP contribution >= 0.6 is 0 Å². The van der Waals surface area contributed by atoms with Crippen LogP contribution in [0.2, 0.25) is 0 Å². The van der Waals surface area contributed by atoms with Gasteiger partial charge >= 0.3 is 0 Å². The zero-order chi connectivity index (χ0) is 13.8. The van der Waals surface area contributed by atoms with Crippen molar-refractivity contribution in [2.45, 2.75) is 56.9 Å². The summed E-state index contributed by atoms with van der Waals surface area (Å²) in [7, 11) is 2.32. The van der Waals surface area contributed by atoms with Gasteiger partial charge in [0.2, 0.25) is 0 Å². The van der Waals surface area contributed by atoms with Gasteiger partial charge in [-0.1, -0.05) is 18.9 Å². The van der Waals surface area contributed by atoms with Crippen molar-refractivity contribution in [3.63, 3.8) is 0 Å². The Hall–Kier alpha value is -1.02. The predicted octanol–water partition coefficient (Wildman–Crippen LogP) is 3.82. The van der Waals surface area contributed by atoms with Crippen molar-refractivity contribution in [2.75, 3.05) is 13.6 Å². The van der Waals surface area contributed by atoms with Crippen molar-refractivity contribution in [1.29, 1.82) is 0 Å². The van der Waals surface area contributed by atoms with Crippen molar-refractivity contribution < 1.29 is 5.11 Å². The van der Waals surface area contributed by atoms with E-state index >= 15 is 0 Å². The fourth-order valence-electron chi connectivity index (χ4n) is 5.71. The van der Waals surface area contributed by atoms with Crippen LogP contribution in [0.15, 0.2) is 18.2 Å². The molecule has 0 radical (unpaired) electrons. The van der Waals surface area contributed by atoms with E-state index in [1.807, 2.05) is 6.07 Å². The first-order valence-electron chi connectivity index (χ1n) is 8.22. The molecule has 1 aromatic carbocycles. The van der Waals surface area contributed by atoms with Crippen LogP contribution in [-0.4, -0.2) is 23.6 Å². The molecule has 0 aromatic heterocycles. The molecular formula is C18H25NO. The Morgan fingerprint density at radius 1 is 1.05 bits per heavy atom. The summed E-state index contributed by atoms with van der Waals surface area (Å²) in [6.45, 7) is 1.21. The molecule has 1 aliphatic heterocycles. The lowest BCUT2D eigenvalue weighted by Gasteiger charge is -2.64. The molecule has 0 amide bonds. The molecule has 1 saturated carbocycles. The molecule has 2 fully saturated rings. The summed E-state index contributed by atoms with van der Waals surface area (Å²) >= 11 is 0. The van der Waals surface area contributed by atoms with E-state index in [1.165, 1.54) is 69.0 Å². The Morgan fingerprint density at radius 2 is 1.85 bits per heavy atom. The summed E-state index contributed by atoms with van der Waals surface area (Å²) in [5.41, 5.74) is 3.61. The molecule has 2 aliphatic carbocycles. The Bertz CT molecular complexity index is 536. The molecule has 1 heterocycles. The van der Waals surface area contributed by atoms with Gasteiger partial charge in [-0.3, -0.25) is 4.90 Å². The average molecular weight is 271 g/mol. The Kier molecular flexibility index (Phi) is 2.69. The number of aryl methyl sites for hydroxylation is 1. The number of phenols is 1. The van der Waals surface area contributed by atoms with Gasteiger partial charge < -0.3 is 5.11 Å². The highest BCUT2D eigenvalue weighted by Crippen LogP contribution is 2.63. The normalized spacial score (nSPS) is 36.9. The van der Waals surface area contributed by atoms with E-state index in [-0.39, 0.29) is 5.54 Å². The molecular weight excluding hydrogens is 246 g/mol. The van der Waals surface area contributed by atoms with Gasteiger partial charge in [-0.2, -0.15) is 0 Å². The standard InChI is InChI=1S/C18H25NO/c1-19-12-4-9-17-8-2-3-10-18(17,19)16-13-15(20)6-5-14(16)7-11-17/h5-6,13,20H,2-4,7-12H2,1H3. The fourth-order valence-corrected chi connectivity index (χ4v) is 5.71. The molecule has 1 N–H and O–H groups in total. The summed E-state index contributed by atoms with van der Waals surface area (Å²) in [5, 5.41) is 10.0. The van der Waals surface area contributed by atoms with Gasteiger partial charge in [0.25, 0.3) is 0 Å². The molecule has 2 heteroatoms. The average Bonchev–Trinajstić information content (AvgIpc) is 2.47. The smallest absolute Gasteiger partial charge is 0.115 e. The molecule has 1 aromatic rings. The second-order valence-corrected chi connectivity index (χ2v) is 7.21. The first-order chi connectivity index (χ1) is 9.68. The minimum absolute atomic E-state index is 0.204. The van der Waals surface area contributed by atoms with Crippen molar-refractivity contribution in [3.8, 4) is 5.75 Å². The summed E-state index contributed by atoms with van der Waals surface area (Å²) in [6.07, 6.45) is 10.6. The maximum atomic E-state index is 10.0. The quantitative estimate of drug-likeness (QED) is 0.775. The van der Waals surface area contributed by atoms with E-state index in [0.717, 1.165) is 0 Å². The van der Waals surface area contributed by atoms with Crippen LogP contribution < -0.4 is 0 Å². The molecule has 2 atom stereocenters. The third-order valence-corrected chi connectivity index (χ3v) is 6.53. The SMILES string of the molecule is CN1CCCC23CCCCC12c1cc(O)ccc1CC3. The molecule has 0 spiro atoms. The minimum Gasteiger partial charge on any atom is -0.508 e. The monoisotopic (exact) mass is 271 g/mol. The molecule has 20 heavy (non-hydrogen) atoms. The second kappa shape index (κ2) is 4.24. The van der Waals surface area contributed by atoms with E-state index < -0.39 is 0 Å². The lowest BCUT2D eigenvalue weighted by Crippen LogP contribution is -2.62. The number of piperidine rings is 1. The lowest BCUT2D eigenvalue weighted by atomic mass is 9.49. The molecule has 0 bridgehead atoms. The van der Waals surface area contributed by atoms with Crippen LogP contribution in [0.4, 0.5) is 0 Å². The van der Waals surface area contributed by atoms with Crippen LogP contribution in [0.3, 0.4) is 0 Å². The predicted molar refractivity (Wildman–Crippen MR) is 80.9 cm³/mol. The zero-order valence-electron chi connectivity index (χ0n) is 12.5. The van der Waals surface area contributed by atoms with E-state index in [2.05, 4.69) is 24.1 Å². The Morgan fingerprint density at radius 3 is 2.75 bits per heavy atom. The third kappa shape index (κ3) is 1.43. The molecule has 3 aliphatic rings. The highest BCUT2D eigenvalue weighted by atomic mass is 16.3. The minimum atomic E-state index is 0.204. The van der Waals surface area contributed by atoms with Crippen molar-refractivity contribution in [1.82, 2.24) is 4.90 Å². The van der Waals surface area contributed by atoms with Crippen LogP contribution in [0.1, 0.15) is 56.1 Å². The van der Waals surface area contributed by atoms with Gasteiger partial charge in [-0.05, 0) is 80.8 Å². The number of hydrogen-bond donors (Lipinski definition) is 1. The van der Waals surface area contributed by atoms with Crippen LogP contribution in [0.5, 0.6) is 5.75 Å². The molecule has 108 valence electrons. The van der Waals surface area contributed by atoms with Gasteiger partial charge in [-0.25, -0.2) is 0 Å². The van der Waals surface area contributed by atoms with Crippen LogP contribution in [0.25, 0.3) is 0 Å². The first kappa shape index (κ1) is 12.7. The number of rotatable bonds is 0. The third-order valence-electron chi connectivity index (χ3n) is 6.53. The van der Waals surface area contributed by atoms with Gasteiger partial charge in [0.15, 0.2) is 0 Å². The highest BCUT2D eigenvalue weighted by Gasteiger charge is 2.59. The fraction of sp³-hybridized carbons (Fsp3) is 0.667. The van der Waals surface area contributed by atoms with E-state index in [0.29, 0.717) is 11.2 Å². The summed E-state index contributed by atoms with van der Waals surface area (Å²) < 4.78 is 0. The topological polar surface area (TPSA) is 23.5 Å². The number of benzene rings is 1. The number of nitrogens with zero attached hydrogens (tertiary/aromatic N) is 1. The van der Waals surface area contributed by atoms with Gasteiger partial charge in [-0.15, -0.1) is 0 Å². The van der Waals surface area contributed by atoms with E-state index in [4.69, 9.17) is 0 Å². The van der Waals surface area contributed by atoms with Crippen LogP contribution in [0, 0.1) is 5.41 Å². The molecule has 2 nitrogen and oxygen atoms in total. The number of phenolic OH excluding ortho intramolecular Hbond substituents is 1. The van der Waals surface area contributed by atoms with Crippen molar-refractivity contribution in [2.24, 2.45) is 5.41 Å². The molecule has 2 unspecified atom stereocenters. The summed E-state index contributed by atoms with van der Waals surface area (Å²) in [5.74, 6) is 0.443. The number of fused-ring (bicyclic) bond motifs is 1. The summed E-state index contributed by atoms with van der Waals surface area (Å²) in [4.78, 5) is 2.63. The lowest BCUT2D eigenvalue weighted by molar-refractivity contribution is -0.110. The van der Waals surface area contributed by atoms with Crippen molar-refractivity contribution in [3.05, 3.63) is 29.3 Å². The first-order valence-corrected chi connectivity index (χ1v) is 8.22. The van der Waals surface area contributed by atoms with E-state index in [9.17, 15) is 5.11 Å². The molecule has 4 rings (SSSR count). The number of aromatic hydroxyl groups is 1. The largest absolute Gasteiger partial charge is 0.508 e. The Labute approximate surface area is 121 Å². The van der Waals surface area contributed by atoms with Gasteiger partial charge in [0.1, 0.15) is 5.75 Å². The second-order valence-electron chi connectivity index (χ2n) is 7.21. The maximum absolute atomic E-state index is 10.0. The number of likely N-dealkylation sites (tertiary alicyclic amines) is 1. The van der Waals surface area contributed by atoms with Gasteiger partial charge in [0, 0.05) is 0 Å². The van der Waals surface area contributed by atoms with Gasteiger partial charge in [0.05, 0.1) is 5.54 Å². The maximum Gasteiger partial charge on any atom is 0.115 e. The zero-order valence-corrected chi connectivity index (χ0v) is 12.5. The van der Waals surface area contributed by atoms with E-state index in [1.54, 1.807) is 0 Å².